The average molecular weight is 1760 g/mol. The molecule has 137 heavy (non-hydrogen) atoms. The van der Waals surface area contributed by atoms with E-state index >= 15 is 0 Å². The molecule has 0 atom stereocenters. The number of rotatable bonds is 11. The number of benzene rings is 14. The zero-order chi connectivity index (χ0) is 90.4. The molecule has 0 aliphatic carbocycles. The number of pyridine rings is 5. The predicted octanol–water partition coefficient (Wildman–Crippen LogP) is 30.4. The van der Waals surface area contributed by atoms with Crippen LogP contribution < -0.4 is 0 Å². The van der Waals surface area contributed by atoms with E-state index in [0.29, 0.717) is 17.6 Å². The highest BCUT2D eigenvalue weighted by atomic mass is 16.3. The van der Waals surface area contributed by atoms with Crippen molar-refractivity contribution in [1.82, 2.24) is 62.7 Å². The van der Waals surface area contributed by atoms with E-state index in [4.69, 9.17) is 37.6 Å². The van der Waals surface area contributed by atoms with Crippen LogP contribution in [-0.4, -0.2) is 62.7 Å². The summed E-state index contributed by atoms with van der Waals surface area (Å²) in [4.78, 5) is 37.5. The van der Waals surface area contributed by atoms with Gasteiger partial charge in [0.05, 0.1) is 109 Å². The van der Waals surface area contributed by atoms with Crippen molar-refractivity contribution >= 4 is 153 Å². The lowest BCUT2D eigenvalue weighted by Crippen LogP contribution is -2.06. The maximum atomic E-state index is 5.78. The molecule has 0 amide bonds. The number of fused-ring (bicyclic) bond motifs is 19. The first-order valence-corrected chi connectivity index (χ1v) is 45.3. The van der Waals surface area contributed by atoms with Gasteiger partial charge in [-0.1, -0.05) is 194 Å². The fourth-order valence-corrected chi connectivity index (χ4v) is 19.7. The van der Waals surface area contributed by atoms with Crippen LogP contribution in [0.15, 0.2) is 474 Å². The van der Waals surface area contributed by atoms with Gasteiger partial charge in [-0.15, -0.1) is 0 Å². The smallest absolute Gasteiger partial charge is 0.238 e. The second-order valence-corrected chi connectivity index (χ2v) is 33.9. The molecule has 15 aromatic heterocycles. The molecule has 0 fully saturated rings. The normalized spacial score (nSPS) is 11.6. The monoisotopic (exact) mass is 1760 g/mol. The van der Waals surface area contributed by atoms with E-state index in [2.05, 4.69) is 298 Å². The van der Waals surface area contributed by atoms with E-state index in [-0.39, 0.29) is 0 Å². The zero-order valence-electron chi connectivity index (χ0n) is 73.2. The topological polar surface area (TPSA) is 180 Å². The quantitative estimate of drug-likeness (QED) is 0.120. The fourth-order valence-electron chi connectivity index (χ4n) is 19.7. The Morgan fingerprint density at radius 3 is 0.912 bits per heavy atom. The Kier molecular flexibility index (Phi) is 19.1. The fraction of sp³-hybridized carbons (Fsp3) is 0. The minimum absolute atomic E-state index is 0.574. The Labute approximate surface area is 781 Å². The standard InChI is InChI=1S/C32H20N2O.C30H19N3O.2C29H18N4O/c1-2-8-22(9-3-1)33-28-12-6-5-11-25(28)27-19-23(14-15-30(27)33)34-29-13-7-4-10-24(29)26-18-21-16-17-35-32(21)20-31(26)34;1-2-8-28-26(7-1)27-16-20-9-12-34-30(20)17-29(27)33(28)25-14-23(21-5-3-10-31-18-21)13-24(15-25)22-6-4-11-32-19-22;1-3-9-19(10-4-1)27-30-28(20-11-5-2-6-12-20)32-29(31-27)33-24-14-8-7-13-22(24)23-17-21-15-16-34-26(21)18-25(23)33;1-2-10-27-21(7-1)22-15-19-11-14-34-29(19)18-28(22)33(27)20-16-25(23-8-3-5-12-30-23)32-26(17-20)24-9-4-6-13-31-24/h1-20H;1-19H;2*1-18H. The first-order valence-electron chi connectivity index (χ1n) is 45.3. The molecular weight excluding hydrogens is 1690 g/mol. The van der Waals surface area contributed by atoms with Gasteiger partial charge in [0.15, 0.2) is 11.6 Å². The van der Waals surface area contributed by atoms with E-state index in [1.54, 1.807) is 49.8 Å². The lowest BCUT2D eigenvalue weighted by Gasteiger charge is -2.13. The Morgan fingerprint density at radius 1 is 0.182 bits per heavy atom. The number of hydrogen-bond donors (Lipinski definition) is 0. The van der Waals surface area contributed by atoms with Crippen molar-refractivity contribution in [2.75, 3.05) is 0 Å². The molecule has 0 unspecified atom stereocenters. The Hall–Kier alpha value is -19.0. The summed E-state index contributed by atoms with van der Waals surface area (Å²) in [5.74, 6) is 1.84. The van der Waals surface area contributed by atoms with Gasteiger partial charge in [0.1, 0.15) is 22.3 Å². The van der Waals surface area contributed by atoms with Gasteiger partial charge in [-0.05, 0) is 187 Å². The van der Waals surface area contributed by atoms with E-state index in [1.165, 1.54) is 65.3 Å². The average Bonchev–Trinajstić information content (AvgIpc) is 1.59. The summed E-state index contributed by atoms with van der Waals surface area (Å²) in [7, 11) is 0. The van der Waals surface area contributed by atoms with Gasteiger partial charge in [-0.3, -0.25) is 24.5 Å². The summed E-state index contributed by atoms with van der Waals surface area (Å²) >= 11 is 0. The van der Waals surface area contributed by atoms with Crippen LogP contribution in [-0.2, 0) is 0 Å². The molecule has 0 spiro atoms. The van der Waals surface area contributed by atoms with Gasteiger partial charge in [-0.2, -0.15) is 9.97 Å². The number of nitrogens with zero attached hydrogens (tertiary/aromatic N) is 13. The molecule has 14 aromatic carbocycles. The van der Waals surface area contributed by atoms with Crippen LogP contribution in [0.4, 0.5) is 0 Å². The highest BCUT2D eigenvalue weighted by Crippen LogP contribution is 2.44. The SMILES string of the molecule is c1ccc(-c2cc(-n3c4ccccc4c4cc5ccoc5cc43)cc(-c3ccccn3)n2)nc1.c1ccc(-c2nc(-c3ccccc3)nc(-n3c4ccccc4c4cc5ccoc5cc43)n2)cc1.c1ccc(-n2c3ccccc3c3cc(-n4c5ccccc5c5cc6ccoc6cc54)ccc32)cc1.c1cncc(-c2cc(-c3cccnc3)cc(-n3c4ccccc4c4cc5ccoc5cc43)c2)c1. The molecule has 0 N–H and O–H groups in total. The van der Waals surface area contributed by atoms with E-state index in [9.17, 15) is 0 Å². The third kappa shape index (κ3) is 14.0. The Bertz CT molecular complexity index is 8860. The van der Waals surface area contributed by atoms with Crippen LogP contribution in [0.1, 0.15) is 0 Å². The molecule has 15 heterocycles. The number of furan rings is 4. The van der Waals surface area contributed by atoms with Crippen LogP contribution in [0.2, 0.25) is 0 Å². The molecular formula is C120H75N13O4. The van der Waals surface area contributed by atoms with Gasteiger partial charge < -0.3 is 35.9 Å². The Morgan fingerprint density at radius 2 is 0.518 bits per heavy atom. The lowest BCUT2D eigenvalue weighted by atomic mass is 9.99. The lowest BCUT2D eigenvalue weighted by molar-refractivity contribution is 0.616. The van der Waals surface area contributed by atoms with Crippen molar-refractivity contribution in [3.05, 3.63) is 457 Å². The zero-order valence-corrected chi connectivity index (χ0v) is 73.2. The van der Waals surface area contributed by atoms with Crippen molar-refractivity contribution in [2.24, 2.45) is 0 Å². The summed E-state index contributed by atoms with van der Waals surface area (Å²) < 4.78 is 34.4. The third-order valence-electron chi connectivity index (χ3n) is 25.9. The van der Waals surface area contributed by atoms with Crippen LogP contribution >= 0.6 is 0 Å². The van der Waals surface area contributed by atoms with Gasteiger partial charge in [0, 0.05) is 176 Å². The minimum Gasteiger partial charge on any atom is -0.464 e. The number of hydrogen-bond acceptors (Lipinski definition) is 12. The minimum atomic E-state index is 0.574. The molecule has 0 saturated heterocycles. The maximum Gasteiger partial charge on any atom is 0.238 e. The first kappa shape index (κ1) is 79.0. The van der Waals surface area contributed by atoms with Crippen LogP contribution in [0.3, 0.4) is 0 Å². The molecule has 0 radical (unpaired) electrons. The third-order valence-corrected chi connectivity index (χ3v) is 25.9. The van der Waals surface area contributed by atoms with Crippen LogP contribution in [0.5, 0.6) is 0 Å². The van der Waals surface area contributed by atoms with Gasteiger partial charge in [0.25, 0.3) is 0 Å². The van der Waals surface area contributed by atoms with E-state index in [0.717, 1.165) is 166 Å². The second-order valence-electron chi connectivity index (χ2n) is 33.9. The predicted molar refractivity (Wildman–Crippen MR) is 552 cm³/mol. The molecule has 17 heteroatoms. The molecule has 0 aliphatic rings. The molecule has 0 bridgehead atoms. The molecule has 0 saturated carbocycles. The highest BCUT2D eigenvalue weighted by Gasteiger charge is 2.25. The largest absolute Gasteiger partial charge is 0.464 e. The highest BCUT2D eigenvalue weighted by molar-refractivity contribution is 6.18. The first-order chi connectivity index (χ1) is 67.9. The van der Waals surface area contributed by atoms with E-state index < -0.39 is 0 Å². The number of para-hydroxylation sites is 6. The molecule has 29 rings (SSSR count). The van der Waals surface area contributed by atoms with Crippen molar-refractivity contribution in [3.8, 4) is 96.5 Å². The van der Waals surface area contributed by atoms with Gasteiger partial charge in [0.2, 0.25) is 5.95 Å². The maximum absolute atomic E-state index is 5.78. The van der Waals surface area contributed by atoms with Crippen molar-refractivity contribution in [2.45, 2.75) is 0 Å². The van der Waals surface area contributed by atoms with Crippen molar-refractivity contribution in [1.29, 1.82) is 0 Å². The molecule has 17 nitrogen and oxygen atoms in total. The number of aromatic nitrogens is 13. The van der Waals surface area contributed by atoms with E-state index in [1.807, 2.05) is 152 Å². The second kappa shape index (κ2) is 33.1. The van der Waals surface area contributed by atoms with Crippen molar-refractivity contribution < 1.29 is 17.7 Å². The molecule has 29 aromatic rings. The van der Waals surface area contributed by atoms with Gasteiger partial charge >= 0.3 is 0 Å². The van der Waals surface area contributed by atoms with Crippen molar-refractivity contribution in [3.63, 3.8) is 0 Å². The summed E-state index contributed by atoms with van der Waals surface area (Å²) in [5.41, 5.74) is 28.6. The summed E-state index contributed by atoms with van der Waals surface area (Å²) in [6, 6.07) is 136. The summed E-state index contributed by atoms with van der Waals surface area (Å²) in [6.07, 6.45) is 18.0. The summed E-state index contributed by atoms with van der Waals surface area (Å²) in [5, 5.41) is 16.4. The molecule has 0 aliphatic heterocycles. The Balaban J connectivity index is 0.0000000946. The van der Waals surface area contributed by atoms with Crippen LogP contribution in [0, 0.1) is 0 Å². The summed E-state index contributed by atoms with van der Waals surface area (Å²) in [6.45, 7) is 0. The van der Waals surface area contributed by atoms with Crippen LogP contribution in [0.25, 0.3) is 249 Å². The van der Waals surface area contributed by atoms with Gasteiger partial charge in [-0.25, -0.2) is 9.97 Å². The molecule has 644 valence electrons.